The third-order valence-electron chi connectivity index (χ3n) is 12.7. The number of esters is 2. The maximum atomic E-state index is 12.6. The van der Waals surface area contributed by atoms with Crippen molar-refractivity contribution >= 4 is 35.6 Å². The van der Waals surface area contributed by atoms with E-state index < -0.39 is 0 Å². The molecule has 0 aliphatic carbocycles. The number of hydrogen-bond donors (Lipinski definition) is 1. The minimum atomic E-state index is -0.329. The molecule has 7 aromatic carbocycles. The molecular formula is C67H69N3O15. The van der Waals surface area contributed by atoms with E-state index in [4.69, 9.17) is 42.6 Å². The van der Waals surface area contributed by atoms with Gasteiger partial charge >= 0.3 is 11.9 Å². The number of nitrogens with one attached hydrogen (secondary N) is 1. The number of para-hydroxylation sites is 1. The van der Waals surface area contributed by atoms with Crippen LogP contribution in [0.3, 0.4) is 0 Å². The predicted octanol–water partition coefficient (Wildman–Crippen LogP) is 8.18. The Morgan fingerprint density at radius 2 is 0.824 bits per heavy atom. The molecule has 6 aliphatic heterocycles. The molecule has 0 spiro atoms. The number of imide groups is 1. The molecule has 13 rings (SSSR count). The summed E-state index contributed by atoms with van der Waals surface area (Å²) in [5, 5.41) is 2.80. The van der Waals surface area contributed by atoms with E-state index in [0.29, 0.717) is 86.8 Å². The Balaban J connectivity index is 0.000000134. The Bertz CT molecular complexity index is 3010. The van der Waals surface area contributed by atoms with Gasteiger partial charge in [0.2, 0.25) is 0 Å². The van der Waals surface area contributed by atoms with Crippen LogP contribution in [0.1, 0.15) is 57.4 Å². The Hall–Kier alpha value is -8.72. The van der Waals surface area contributed by atoms with Crippen molar-refractivity contribution in [3.63, 3.8) is 0 Å². The number of rotatable bonds is 19. The maximum absolute atomic E-state index is 12.6. The van der Waals surface area contributed by atoms with Crippen molar-refractivity contribution in [2.24, 2.45) is 0 Å². The van der Waals surface area contributed by atoms with Crippen LogP contribution in [0.4, 0.5) is 0 Å². The quantitative estimate of drug-likeness (QED) is 0.0349. The van der Waals surface area contributed by atoms with E-state index in [1.54, 1.807) is 96.9 Å². The smallest absolute Gasteiger partial charge is 0.343 e. The van der Waals surface area contributed by atoms with Gasteiger partial charge in [0.25, 0.3) is 23.6 Å². The van der Waals surface area contributed by atoms with E-state index in [9.17, 15) is 28.8 Å². The lowest BCUT2D eigenvalue weighted by Crippen LogP contribution is -2.39. The Morgan fingerprint density at radius 3 is 1.27 bits per heavy atom. The van der Waals surface area contributed by atoms with Crippen molar-refractivity contribution in [2.45, 2.75) is 43.2 Å². The molecule has 0 saturated carbocycles. The summed E-state index contributed by atoms with van der Waals surface area (Å²) in [4.78, 5) is 73.6. The SMILES string of the molecule is CN(CC1CO1)C(=O)c1ccccc1.O=C(NCC1CO1)c1ccccc1.O=C(OCC1CO1)c1ccccc1.O=C(Oc1ccccc1)C1CO1.O=C(c1ccccc1)N(CC1CO1)C(=O)c1ccccc1.c1ccc(COCC2CO2)cc1. The van der Waals surface area contributed by atoms with Crippen LogP contribution >= 0.6 is 0 Å². The second-order valence-electron chi connectivity index (χ2n) is 19.9. The minimum absolute atomic E-state index is 0.0314. The number of hydrogen-bond acceptors (Lipinski definition) is 15. The molecule has 6 heterocycles. The van der Waals surface area contributed by atoms with E-state index in [1.807, 2.05) is 115 Å². The van der Waals surface area contributed by atoms with E-state index in [-0.39, 0.29) is 66.1 Å². The maximum Gasteiger partial charge on any atom is 0.343 e. The topological polar surface area (TPSA) is 224 Å². The number of nitrogens with zero attached hydrogens (tertiary/aromatic N) is 2. The molecule has 6 aliphatic rings. The number of epoxide rings is 6. The molecule has 6 atom stereocenters. The molecule has 0 bridgehead atoms. The highest BCUT2D eigenvalue weighted by atomic mass is 16.6. The van der Waals surface area contributed by atoms with Crippen molar-refractivity contribution in [3.05, 3.63) is 246 Å². The van der Waals surface area contributed by atoms with E-state index >= 15 is 0 Å². The zero-order valence-electron chi connectivity index (χ0n) is 47.2. The van der Waals surface area contributed by atoms with Crippen LogP contribution in [-0.4, -0.2) is 162 Å². The molecule has 4 amide bonds. The number of amides is 4. The molecule has 6 fully saturated rings. The molecule has 0 aromatic heterocycles. The second kappa shape index (κ2) is 33.5. The highest BCUT2D eigenvalue weighted by molar-refractivity contribution is 6.10. The highest BCUT2D eigenvalue weighted by Gasteiger charge is 2.34. The van der Waals surface area contributed by atoms with Gasteiger partial charge in [-0.2, -0.15) is 0 Å². The van der Waals surface area contributed by atoms with Gasteiger partial charge in [0, 0.05) is 42.4 Å². The Morgan fingerprint density at radius 1 is 0.435 bits per heavy atom. The van der Waals surface area contributed by atoms with Crippen molar-refractivity contribution in [1.29, 1.82) is 0 Å². The Labute approximate surface area is 494 Å². The molecule has 18 nitrogen and oxygen atoms in total. The number of ether oxygens (including phenoxy) is 9. The van der Waals surface area contributed by atoms with Crippen LogP contribution in [0.5, 0.6) is 5.75 Å². The van der Waals surface area contributed by atoms with Gasteiger partial charge in [-0.1, -0.05) is 140 Å². The van der Waals surface area contributed by atoms with Gasteiger partial charge in [0.1, 0.15) is 24.6 Å². The van der Waals surface area contributed by atoms with E-state index in [2.05, 4.69) is 17.4 Å². The van der Waals surface area contributed by atoms with Crippen molar-refractivity contribution in [2.75, 3.05) is 79.5 Å². The molecule has 6 saturated heterocycles. The summed E-state index contributed by atoms with van der Waals surface area (Å²) >= 11 is 0. The first-order valence-electron chi connectivity index (χ1n) is 28.0. The summed E-state index contributed by atoms with van der Waals surface area (Å²) in [5.74, 6) is -0.576. The lowest BCUT2D eigenvalue weighted by Gasteiger charge is -2.20. The summed E-state index contributed by atoms with van der Waals surface area (Å²) in [6.07, 6.45) is 0.636. The molecular weight excluding hydrogens is 1090 g/mol. The first kappa shape index (κ1) is 62.3. The van der Waals surface area contributed by atoms with Crippen LogP contribution in [0, 0.1) is 0 Å². The average molecular weight is 1160 g/mol. The lowest BCUT2D eigenvalue weighted by molar-refractivity contribution is -0.135. The van der Waals surface area contributed by atoms with Crippen molar-refractivity contribution in [1.82, 2.24) is 15.1 Å². The molecule has 7 aromatic rings. The lowest BCUT2D eigenvalue weighted by atomic mass is 10.1. The fourth-order valence-corrected chi connectivity index (χ4v) is 7.45. The highest BCUT2D eigenvalue weighted by Crippen LogP contribution is 2.19. The minimum Gasteiger partial charge on any atom is -0.459 e. The van der Waals surface area contributed by atoms with Gasteiger partial charge in [-0.25, -0.2) is 9.59 Å². The molecule has 85 heavy (non-hydrogen) atoms. The van der Waals surface area contributed by atoms with Gasteiger partial charge in [-0.3, -0.25) is 24.1 Å². The van der Waals surface area contributed by atoms with Gasteiger partial charge in [0.15, 0.2) is 6.10 Å². The van der Waals surface area contributed by atoms with Crippen LogP contribution in [0.25, 0.3) is 0 Å². The second-order valence-corrected chi connectivity index (χ2v) is 19.9. The van der Waals surface area contributed by atoms with Crippen LogP contribution in [0.2, 0.25) is 0 Å². The average Bonchev–Trinajstić information content (AvgIpc) is 4.52. The van der Waals surface area contributed by atoms with Gasteiger partial charge < -0.3 is 52.8 Å². The number of benzene rings is 7. The standard InChI is InChI=1S/C17H15NO3.C11H13NO2.C10H11NO2.C10H10O3.C10H12O2.C9H8O3/c19-16(13-7-3-1-4-8-13)18(11-15-12-21-15)17(20)14-9-5-2-6-10-14;1-12(7-10-8-14-10)11(13)9-5-3-2-4-6-9;12-10(11-6-9-7-13-9)8-4-2-1-3-5-8;11-10(13-7-9-6-12-9)8-4-2-1-3-5-8;1-2-4-9(5-3-1)6-11-7-10-8-12-10;10-9(8-6-11-8)12-7-4-2-1-3-5-7/h1-10,15H,11-12H2;2-6,10H,7-8H2,1H3;1-5,9H,6-7H2,(H,11,12);1-5,9H,6-7H2;1-5,10H,6-8H2;1-5,8H,6H2. The third-order valence-corrected chi connectivity index (χ3v) is 12.7. The van der Waals surface area contributed by atoms with Gasteiger partial charge in [-0.05, 0) is 78.4 Å². The number of likely N-dealkylation sites (N-methyl/N-ethyl adjacent to an activating group) is 1. The van der Waals surface area contributed by atoms with Crippen LogP contribution < -0.4 is 10.1 Å². The van der Waals surface area contributed by atoms with Crippen molar-refractivity contribution < 1.29 is 71.4 Å². The molecule has 18 heteroatoms. The molecule has 6 unspecified atom stereocenters. The third kappa shape index (κ3) is 24.2. The first-order chi connectivity index (χ1) is 41.6. The normalized spacial score (nSPS) is 18.9. The van der Waals surface area contributed by atoms with Crippen LogP contribution in [-0.2, 0) is 49.3 Å². The first-order valence-corrected chi connectivity index (χ1v) is 28.0. The summed E-state index contributed by atoms with van der Waals surface area (Å²) in [6.45, 7) is 7.62. The predicted molar refractivity (Wildman–Crippen MR) is 314 cm³/mol. The van der Waals surface area contributed by atoms with E-state index in [0.717, 1.165) is 32.0 Å². The zero-order valence-corrected chi connectivity index (χ0v) is 47.2. The number of carbonyl (C=O) groups excluding carboxylic acids is 6. The van der Waals surface area contributed by atoms with Crippen LogP contribution in [0.15, 0.2) is 212 Å². The fourth-order valence-electron chi connectivity index (χ4n) is 7.45. The summed E-state index contributed by atoms with van der Waals surface area (Å²) < 4.78 is 45.3. The molecule has 0 radical (unpaired) electrons. The monoisotopic (exact) mass is 1160 g/mol. The fraction of sp³-hybridized carbons (Fsp3) is 0.284. The number of carbonyl (C=O) groups is 6. The summed E-state index contributed by atoms with van der Waals surface area (Å²) in [7, 11) is 1.80. The largest absolute Gasteiger partial charge is 0.459 e. The van der Waals surface area contributed by atoms with Gasteiger partial charge in [-0.15, -0.1) is 0 Å². The Kier molecular flexibility index (Phi) is 24.6. The summed E-state index contributed by atoms with van der Waals surface area (Å²) in [5.41, 5.74) is 4.24. The van der Waals surface area contributed by atoms with Crippen molar-refractivity contribution in [3.8, 4) is 5.75 Å². The van der Waals surface area contributed by atoms with Gasteiger partial charge in [0.05, 0.1) is 83.3 Å². The molecule has 1 N–H and O–H groups in total. The van der Waals surface area contributed by atoms with E-state index in [1.165, 1.54) is 10.5 Å². The zero-order chi connectivity index (χ0) is 59.4. The molecule has 442 valence electrons. The summed E-state index contributed by atoms with van der Waals surface area (Å²) in [6, 6.07) is 64.2.